The van der Waals surface area contributed by atoms with Crippen LogP contribution in [0.15, 0.2) is 12.4 Å². The zero-order chi connectivity index (χ0) is 8.55. The number of hydrazine groups is 1. The van der Waals surface area contributed by atoms with Crippen LogP contribution in [0.1, 0.15) is 5.69 Å². The highest BCUT2D eigenvalue weighted by Gasteiger charge is 2.02. The zero-order valence-corrected chi connectivity index (χ0v) is 6.52. The van der Waals surface area contributed by atoms with Crippen molar-refractivity contribution < 1.29 is 0 Å². The highest BCUT2D eigenvalue weighted by molar-refractivity contribution is 5.44. The van der Waals surface area contributed by atoms with Gasteiger partial charge < -0.3 is 5.43 Å². The van der Waals surface area contributed by atoms with Crippen molar-refractivity contribution in [2.75, 3.05) is 5.43 Å². The first-order valence-corrected chi connectivity index (χ1v) is 3.45. The quantitative estimate of drug-likeness (QED) is 0.447. The molecule has 0 aromatic carbocycles. The fourth-order valence-electron chi connectivity index (χ4n) is 1.04. The smallest absolute Gasteiger partial charge is 0.256 e. The monoisotopic (exact) mass is 164 g/mol. The molecule has 3 N–H and O–H groups in total. The van der Waals surface area contributed by atoms with E-state index in [0.717, 1.165) is 11.5 Å². The molecule has 0 aliphatic carbocycles. The van der Waals surface area contributed by atoms with Crippen molar-refractivity contribution in [2.24, 2.45) is 5.84 Å². The van der Waals surface area contributed by atoms with Crippen molar-refractivity contribution in [2.45, 2.75) is 6.92 Å². The first-order valence-electron chi connectivity index (χ1n) is 3.45. The number of nitrogens with zero attached hydrogens (tertiary/aromatic N) is 4. The molecule has 12 heavy (non-hydrogen) atoms. The Labute approximate surface area is 68.4 Å². The van der Waals surface area contributed by atoms with Crippen molar-refractivity contribution in [3.63, 3.8) is 0 Å². The lowest BCUT2D eigenvalue weighted by Gasteiger charge is -2.02. The fourth-order valence-corrected chi connectivity index (χ4v) is 1.04. The third kappa shape index (κ3) is 0.892. The van der Waals surface area contributed by atoms with Crippen LogP contribution in [-0.4, -0.2) is 19.6 Å². The fraction of sp³-hybridized carbons (Fsp3) is 0.167. The highest BCUT2D eigenvalue weighted by Crippen LogP contribution is 2.08. The maximum atomic E-state index is 5.29. The third-order valence-electron chi connectivity index (χ3n) is 1.56. The summed E-state index contributed by atoms with van der Waals surface area (Å²) in [6.45, 7) is 1.87. The Balaban J connectivity index is 2.80. The minimum Gasteiger partial charge on any atom is -0.309 e. The molecule has 0 radical (unpaired) electrons. The molecule has 6 nitrogen and oxygen atoms in total. The van der Waals surface area contributed by atoms with E-state index in [0.29, 0.717) is 5.78 Å². The summed E-state index contributed by atoms with van der Waals surface area (Å²) in [6.07, 6.45) is 1.55. The molecule has 2 rings (SSSR count). The summed E-state index contributed by atoms with van der Waals surface area (Å²) in [4.78, 5) is 4.14. The molecular weight excluding hydrogens is 156 g/mol. The number of hydrogen-bond acceptors (Lipinski definition) is 5. The van der Waals surface area contributed by atoms with Gasteiger partial charge in [0.05, 0.1) is 0 Å². The summed E-state index contributed by atoms with van der Waals surface area (Å²) in [6, 6.07) is 1.82. The molecule has 62 valence electrons. The van der Waals surface area contributed by atoms with Crippen LogP contribution in [0.4, 0.5) is 5.82 Å². The Morgan fingerprint density at radius 3 is 3.17 bits per heavy atom. The first-order chi connectivity index (χ1) is 5.81. The number of aryl methyl sites for hydroxylation is 1. The normalized spacial score (nSPS) is 10.5. The zero-order valence-electron chi connectivity index (χ0n) is 6.52. The number of rotatable bonds is 1. The Kier molecular flexibility index (Phi) is 1.41. The highest BCUT2D eigenvalue weighted by atomic mass is 15.3. The van der Waals surface area contributed by atoms with Gasteiger partial charge in [-0.3, -0.25) is 4.40 Å². The van der Waals surface area contributed by atoms with Crippen LogP contribution in [-0.2, 0) is 0 Å². The number of hydrogen-bond donors (Lipinski definition) is 2. The van der Waals surface area contributed by atoms with Crippen molar-refractivity contribution in [1.82, 2.24) is 19.6 Å². The Hall–Kier alpha value is -1.69. The Morgan fingerprint density at radius 1 is 1.58 bits per heavy atom. The molecule has 2 aromatic heterocycles. The summed E-state index contributed by atoms with van der Waals surface area (Å²) in [5.41, 5.74) is 3.39. The molecule has 2 aromatic rings. The molecule has 0 amide bonds. The van der Waals surface area contributed by atoms with Gasteiger partial charge in [-0.05, 0) is 6.92 Å². The van der Waals surface area contributed by atoms with Gasteiger partial charge in [-0.1, -0.05) is 0 Å². The molecule has 0 spiro atoms. The van der Waals surface area contributed by atoms with Gasteiger partial charge in [-0.2, -0.15) is 0 Å². The molecule has 0 unspecified atom stereocenters. The number of aromatic nitrogens is 4. The molecule has 0 fully saturated rings. The number of nitrogens with one attached hydrogen (secondary N) is 1. The Morgan fingerprint density at radius 2 is 2.42 bits per heavy atom. The van der Waals surface area contributed by atoms with Crippen LogP contribution in [0.2, 0.25) is 0 Å². The van der Waals surface area contributed by atoms with Gasteiger partial charge in [-0.15, -0.1) is 10.2 Å². The minimum atomic E-state index is 0.544. The number of nitrogens with two attached hydrogens (primary N) is 1. The SMILES string of the molecule is Cc1cc(NN)n2cnnc2n1. The van der Waals surface area contributed by atoms with Gasteiger partial charge in [0.1, 0.15) is 12.1 Å². The van der Waals surface area contributed by atoms with E-state index >= 15 is 0 Å². The van der Waals surface area contributed by atoms with Crippen molar-refractivity contribution in [3.8, 4) is 0 Å². The second kappa shape index (κ2) is 2.42. The van der Waals surface area contributed by atoms with Gasteiger partial charge in [0.25, 0.3) is 5.78 Å². The van der Waals surface area contributed by atoms with Crippen molar-refractivity contribution in [1.29, 1.82) is 0 Å². The van der Waals surface area contributed by atoms with E-state index < -0.39 is 0 Å². The lowest BCUT2D eigenvalue weighted by molar-refractivity contribution is 1.05. The van der Waals surface area contributed by atoms with E-state index in [-0.39, 0.29) is 0 Å². The number of fused-ring (bicyclic) bond motifs is 1. The van der Waals surface area contributed by atoms with E-state index in [1.54, 1.807) is 10.7 Å². The first kappa shape index (κ1) is 6.99. The molecule has 0 saturated carbocycles. The van der Waals surface area contributed by atoms with E-state index in [9.17, 15) is 0 Å². The van der Waals surface area contributed by atoms with Crippen LogP contribution >= 0.6 is 0 Å². The average molecular weight is 164 g/mol. The molecule has 2 heterocycles. The largest absolute Gasteiger partial charge is 0.309 e. The van der Waals surface area contributed by atoms with E-state index in [4.69, 9.17) is 5.84 Å². The number of nitrogen functional groups attached to an aromatic ring is 1. The molecule has 0 saturated heterocycles. The summed E-state index contributed by atoms with van der Waals surface area (Å²) in [5, 5.41) is 7.50. The Bertz CT molecular complexity index is 405. The van der Waals surface area contributed by atoms with Crippen molar-refractivity contribution >= 4 is 11.6 Å². The third-order valence-corrected chi connectivity index (χ3v) is 1.56. The molecule has 0 atom stereocenters. The second-order valence-electron chi connectivity index (χ2n) is 2.43. The van der Waals surface area contributed by atoms with Crippen LogP contribution in [0, 0.1) is 6.92 Å². The lowest BCUT2D eigenvalue weighted by atomic mass is 10.4. The van der Waals surface area contributed by atoms with Gasteiger partial charge in [0.2, 0.25) is 0 Å². The minimum absolute atomic E-state index is 0.544. The maximum Gasteiger partial charge on any atom is 0.256 e. The predicted molar refractivity (Wildman–Crippen MR) is 43.3 cm³/mol. The topological polar surface area (TPSA) is 81.1 Å². The standard InChI is InChI=1S/C6H8N6/c1-4-2-5(10-7)12-3-8-11-6(12)9-4/h2-3,10H,7H2,1H3. The summed E-state index contributed by atoms with van der Waals surface area (Å²) < 4.78 is 1.67. The van der Waals surface area contributed by atoms with E-state index in [1.807, 2.05) is 13.0 Å². The second-order valence-corrected chi connectivity index (χ2v) is 2.43. The van der Waals surface area contributed by atoms with Crippen LogP contribution < -0.4 is 11.3 Å². The van der Waals surface area contributed by atoms with Crippen LogP contribution in [0.5, 0.6) is 0 Å². The summed E-state index contributed by atoms with van der Waals surface area (Å²) >= 11 is 0. The van der Waals surface area contributed by atoms with Gasteiger partial charge in [0.15, 0.2) is 0 Å². The molecule has 0 aliphatic rings. The number of anilines is 1. The summed E-state index contributed by atoms with van der Waals surface area (Å²) in [7, 11) is 0. The van der Waals surface area contributed by atoms with E-state index in [1.165, 1.54) is 0 Å². The van der Waals surface area contributed by atoms with Crippen LogP contribution in [0.3, 0.4) is 0 Å². The predicted octanol–water partition coefficient (Wildman–Crippen LogP) is -0.282. The van der Waals surface area contributed by atoms with Crippen molar-refractivity contribution in [3.05, 3.63) is 18.1 Å². The van der Waals surface area contributed by atoms with E-state index in [2.05, 4.69) is 20.6 Å². The lowest BCUT2D eigenvalue weighted by Crippen LogP contribution is -2.11. The average Bonchev–Trinajstić information content (AvgIpc) is 2.50. The molecular formula is C6H8N6. The molecule has 0 bridgehead atoms. The van der Waals surface area contributed by atoms with Gasteiger partial charge in [0, 0.05) is 11.8 Å². The van der Waals surface area contributed by atoms with Gasteiger partial charge >= 0.3 is 0 Å². The van der Waals surface area contributed by atoms with Gasteiger partial charge in [-0.25, -0.2) is 10.8 Å². The molecule has 6 heteroatoms. The summed E-state index contributed by atoms with van der Waals surface area (Å²) in [5.74, 6) is 6.56. The maximum absolute atomic E-state index is 5.29. The van der Waals surface area contributed by atoms with Crippen LogP contribution in [0.25, 0.3) is 5.78 Å². The molecule has 0 aliphatic heterocycles.